The van der Waals surface area contributed by atoms with Crippen LogP contribution in [0, 0.1) is 17.1 Å². The molecule has 2 rings (SSSR count). The lowest BCUT2D eigenvalue weighted by Gasteiger charge is -2.43. The van der Waals surface area contributed by atoms with Gasteiger partial charge in [0.15, 0.2) is 0 Å². The minimum Gasteiger partial charge on any atom is -0.395 e. The molecule has 8 heteroatoms. The second-order valence-corrected chi connectivity index (χ2v) is 6.17. The minimum absolute atomic E-state index is 0.0136. The molecule has 1 saturated heterocycles. The molecule has 4 N–H and O–H groups in total. The van der Waals surface area contributed by atoms with Gasteiger partial charge in [-0.05, 0) is 6.07 Å². The van der Waals surface area contributed by atoms with Crippen molar-refractivity contribution in [1.82, 2.24) is 4.90 Å². The summed E-state index contributed by atoms with van der Waals surface area (Å²) >= 11 is 0. The Labute approximate surface area is 139 Å². The normalized spacial score (nSPS) is 27.8. The summed E-state index contributed by atoms with van der Waals surface area (Å²) in [4.78, 5) is 3.13. The van der Waals surface area contributed by atoms with Gasteiger partial charge in [-0.3, -0.25) is 4.90 Å². The van der Waals surface area contributed by atoms with E-state index in [-0.39, 0.29) is 24.2 Å². The quantitative estimate of drug-likeness (QED) is 0.558. The number of nitrogens with zero attached hydrogens (tertiary/aromatic N) is 3. The van der Waals surface area contributed by atoms with Crippen LogP contribution in [0.3, 0.4) is 0 Å². The number of nitriles is 1. The molecule has 0 spiro atoms. The molecule has 1 aliphatic rings. The van der Waals surface area contributed by atoms with Crippen molar-refractivity contribution >= 4 is 5.69 Å². The van der Waals surface area contributed by atoms with E-state index in [2.05, 4.69) is 0 Å². The molecule has 24 heavy (non-hydrogen) atoms. The number of halogens is 1. The Hall–Kier alpha value is -1.76. The van der Waals surface area contributed by atoms with Gasteiger partial charge in [0.2, 0.25) is 0 Å². The summed E-state index contributed by atoms with van der Waals surface area (Å²) in [7, 11) is 3.41. The van der Waals surface area contributed by atoms with Gasteiger partial charge in [0.05, 0.1) is 24.4 Å². The molecular weight excluding hydrogens is 317 g/mol. The number of hydrogen-bond donors (Lipinski definition) is 4. The lowest BCUT2D eigenvalue weighted by molar-refractivity contribution is -0.147. The Morgan fingerprint density at radius 2 is 1.96 bits per heavy atom. The summed E-state index contributed by atoms with van der Waals surface area (Å²) in [5, 5.41) is 48.2. The number of aliphatic hydroxyl groups is 4. The molecule has 0 aromatic heterocycles. The van der Waals surface area contributed by atoms with Crippen molar-refractivity contribution in [2.45, 2.75) is 30.9 Å². The van der Waals surface area contributed by atoms with Gasteiger partial charge in [-0.1, -0.05) is 6.07 Å². The van der Waals surface area contributed by atoms with Crippen molar-refractivity contribution in [2.24, 2.45) is 0 Å². The fourth-order valence-corrected chi connectivity index (χ4v) is 2.99. The summed E-state index contributed by atoms with van der Waals surface area (Å²) in [6.45, 7) is -0.492. The van der Waals surface area contributed by atoms with Crippen LogP contribution >= 0.6 is 0 Å². The lowest BCUT2D eigenvalue weighted by atomic mass is 9.93. The third-order valence-corrected chi connectivity index (χ3v) is 4.38. The largest absolute Gasteiger partial charge is 0.395 e. The van der Waals surface area contributed by atoms with E-state index >= 15 is 0 Å². The van der Waals surface area contributed by atoms with Gasteiger partial charge < -0.3 is 25.3 Å². The van der Waals surface area contributed by atoms with Gasteiger partial charge in [-0.25, -0.2) is 4.39 Å². The zero-order chi connectivity index (χ0) is 18.0. The fraction of sp³-hybridized carbons (Fsp3) is 0.562. The first kappa shape index (κ1) is 18.6. The number of anilines is 1. The Kier molecular flexibility index (Phi) is 5.74. The highest BCUT2D eigenvalue weighted by Crippen LogP contribution is 2.27. The number of β-amino-alcohol motifs (C(OH)–C–C–N with tert-alkyl or cyclic N) is 1. The number of piperidine rings is 1. The Bertz CT molecular complexity index is 634. The zero-order valence-corrected chi connectivity index (χ0v) is 13.6. The maximum atomic E-state index is 14.6. The van der Waals surface area contributed by atoms with Gasteiger partial charge in [0, 0.05) is 32.7 Å². The predicted molar refractivity (Wildman–Crippen MR) is 84.7 cm³/mol. The highest BCUT2D eigenvalue weighted by atomic mass is 19.1. The van der Waals surface area contributed by atoms with Crippen molar-refractivity contribution < 1.29 is 24.8 Å². The average molecular weight is 339 g/mol. The van der Waals surface area contributed by atoms with Crippen LogP contribution in [0.15, 0.2) is 12.1 Å². The molecule has 0 amide bonds. The Balaban J connectivity index is 2.32. The molecule has 1 heterocycles. The van der Waals surface area contributed by atoms with Gasteiger partial charge in [-0.15, -0.1) is 0 Å². The van der Waals surface area contributed by atoms with E-state index in [0.29, 0.717) is 5.69 Å². The smallest absolute Gasteiger partial charge is 0.147 e. The molecule has 4 atom stereocenters. The molecule has 1 aliphatic heterocycles. The SMILES string of the molecule is CN(C)c1ccc(CN2CC(O)C(O)C(O)C2CO)c(F)c1C#N. The number of benzene rings is 1. The number of likely N-dealkylation sites (tertiary alicyclic amines) is 1. The molecule has 0 radical (unpaired) electrons. The fourth-order valence-electron chi connectivity index (χ4n) is 2.99. The van der Waals surface area contributed by atoms with Crippen LogP contribution in [-0.2, 0) is 6.54 Å². The molecular formula is C16H22FN3O4. The second kappa shape index (κ2) is 7.42. The first-order valence-electron chi connectivity index (χ1n) is 7.59. The number of aliphatic hydroxyl groups excluding tert-OH is 4. The molecule has 132 valence electrons. The molecule has 0 saturated carbocycles. The molecule has 1 aromatic carbocycles. The van der Waals surface area contributed by atoms with Crippen molar-refractivity contribution in [3.8, 4) is 6.07 Å². The average Bonchev–Trinajstić information content (AvgIpc) is 2.54. The number of hydrogen-bond acceptors (Lipinski definition) is 7. The van der Waals surface area contributed by atoms with Crippen LogP contribution in [-0.4, -0.2) is 76.9 Å². The van der Waals surface area contributed by atoms with E-state index in [9.17, 15) is 30.1 Å². The monoisotopic (exact) mass is 339 g/mol. The highest BCUT2D eigenvalue weighted by molar-refractivity contribution is 5.60. The van der Waals surface area contributed by atoms with E-state index in [1.165, 1.54) is 11.0 Å². The van der Waals surface area contributed by atoms with Crippen LogP contribution in [0.2, 0.25) is 0 Å². The van der Waals surface area contributed by atoms with Crippen LogP contribution < -0.4 is 4.90 Å². The Morgan fingerprint density at radius 3 is 2.50 bits per heavy atom. The molecule has 0 aliphatic carbocycles. The van der Waals surface area contributed by atoms with E-state index in [1.807, 2.05) is 6.07 Å². The van der Waals surface area contributed by atoms with E-state index < -0.39 is 36.8 Å². The summed E-state index contributed by atoms with van der Waals surface area (Å²) in [5.74, 6) is -0.671. The second-order valence-electron chi connectivity index (χ2n) is 6.17. The molecule has 0 bridgehead atoms. The van der Waals surface area contributed by atoms with Gasteiger partial charge in [0.1, 0.15) is 29.7 Å². The first-order valence-corrected chi connectivity index (χ1v) is 7.59. The predicted octanol–water partition coefficient (Wildman–Crippen LogP) is -0.977. The molecule has 1 fully saturated rings. The van der Waals surface area contributed by atoms with Crippen molar-refractivity contribution in [3.63, 3.8) is 0 Å². The third-order valence-electron chi connectivity index (χ3n) is 4.38. The summed E-state index contributed by atoms with van der Waals surface area (Å²) < 4.78 is 14.6. The Morgan fingerprint density at radius 1 is 1.29 bits per heavy atom. The minimum atomic E-state index is -1.37. The summed E-state index contributed by atoms with van der Waals surface area (Å²) in [6, 6.07) is 4.17. The standard InChI is InChI=1S/C16H22FN3O4/c1-19(2)11-4-3-9(14(17)10(11)5-18)6-20-7-13(22)16(24)15(23)12(20)8-21/h3-4,12-13,15-16,21-24H,6-8H2,1-2H3. The maximum absolute atomic E-state index is 14.6. The van der Waals surface area contributed by atoms with E-state index in [1.54, 1.807) is 25.1 Å². The van der Waals surface area contributed by atoms with E-state index in [0.717, 1.165) is 0 Å². The van der Waals surface area contributed by atoms with Crippen molar-refractivity contribution in [3.05, 3.63) is 29.1 Å². The molecule has 7 nitrogen and oxygen atoms in total. The van der Waals surface area contributed by atoms with Crippen LogP contribution in [0.4, 0.5) is 10.1 Å². The van der Waals surface area contributed by atoms with Crippen LogP contribution in [0.1, 0.15) is 11.1 Å². The van der Waals surface area contributed by atoms with Gasteiger partial charge in [0.25, 0.3) is 0 Å². The number of rotatable bonds is 4. The molecule has 4 unspecified atom stereocenters. The third kappa shape index (κ3) is 3.36. The zero-order valence-electron chi connectivity index (χ0n) is 13.6. The highest BCUT2D eigenvalue weighted by Gasteiger charge is 2.41. The van der Waals surface area contributed by atoms with Crippen LogP contribution in [0.5, 0.6) is 0 Å². The topological polar surface area (TPSA) is 111 Å². The summed E-state index contributed by atoms with van der Waals surface area (Å²) in [5.41, 5.74) is 0.578. The molecule has 1 aromatic rings. The lowest BCUT2D eigenvalue weighted by Crippen LogP contribution is -2.62. The first-order chi connectivity index (χ1) is 11.3. The maximum Gasteiger partial charge on any atom is 0.147 e. The van der Waals surface area contributed by atoms with Gasteiger partial charge >= 0.3 is 0 Å². The van der Waals surface area contributed by atoms with Crippen molar-refractivity contribution in [1.29, 1.82) is 5.26 Å². The van der Waals surface area contributed by atoms with Crippen LogP contribution in [0.25, 0.3) is 0 Å². The van der Waals surface area contributed by atoms with Crippen molar-refractivity contribution in [2.75, 3.05) is 32.1 Å². The summed E-state index contributed by atoms with van der Waals surface area (Å²) in [6.07, 6.45) is -3.92. The van der Waals surface area contributed by atoms with Gasteiger partial charge in [-0.2, -0.15) is 5.26 Å². The van der Waals surface area contributed by atoms with E-state index in [4.69, 9.17) is 0 Å².